The average molecular weight is 358 g/mol. The molecule has 0 bridgehead atoms. The second kappa shape index (κ2) is 7.62. The van der Waals surface area contributed by atoms with Gasteiger partial charge in [-0.3, -0.25) is 0 Å². The summed E-state index contributed by atoms with van der Waals surface area (Å²) in [7, 11) is 0. The van der Waals surface area contributed by atoms with Gasteiger partial charge in [-0.15, -0.1) is 0 Å². The first-order valence-electron chi connectivity index (χ1n) is 8.07. The SMILES string of the molecule is OCc1cc(Oc2ccc(C(F)(F)F)cc2)ccc1Cc1ccccc1. The highest BCUT2D eigenvalue weighted by Gasteiger charge is 2.30. The lowest BCUT2D eigenvalue weighted by atomic mass is 10.00. The van der Waals surface area contributed by atoms with Gasteiger partial charge < -0.3 is 9.84 Å². The van der Waals surface area contributed by atoms with Crippen LogP contribution in [0.25, 0.3) is 0 Å². The Balaban J connectivity index is 1.77. The summed E-state index contributed by atoms with van der Waals surface area (Å²) in [5, 5.41) is 9.63. The van der Waals surface area contributed by atoms with Crippen molar-refractivity contribution in [2.75, 3.05) is 0 Å². The Kier molecular flexibility index (Phi) is 5.28. The normalized spacial score (nSPS) is 11.4. The summed E-state index contributed by atoms with van der Waals surface area (Å²) in [4.78, 5) is 0. The number of rotatable bonds is 5. The van der Waals surface area contributed by atoms with Crippen LogP contribution in [0, 0.1) is 0 Å². The molecule has 0 spiro atoms. The second-order valence-electron chi connectivity index (χ2n) is 5.88. The molecule has 0 atom stereocenters. The molecule has 0 radical (unpaired) electrons. The molecule has 1 N–H and O–H groups in total. The minimum absolute atomic E-state index is 0.146. The first-order chi connectivity index (χ1) is 12.5. The minimum Gasteiger partial charge on any atom is -0.457 e. The van der Waals surface area contributed by atoms with Crippen LogP contribution in [0.15, 0.2) is 72.8 Å². The van der Waals surface area contributed by atoms with Crippen LogP contribution in [0.3, 0.4) is 0 Å². The van der Waals surface area contributed by atoms with Crippen LogP contribution >= 0.6 is 0 Å². The standard InChI is InChI=1S/C21H17F3O2/c22-21(23,24)18-7-10-19(11-8-18)26-20-9-6-16(17(13-20)14-25)12-15-4-2-1-3-5-15/h1-11,13,25H,12,14H2. The summed E-state index contributed by atoms with van der Waals surface area (Å²) in [6.07, 6.45) is -3.70. The van der Waals surface area contributed by atoms with E-state index in [2.05, 4.69) is 0 Å². The zero-order valence-corrected chi connectivity index (χ0v) is 13.8. The molecule has 0 saturated heterocycles. The van der Waals surface area contributed by atoms with Crippen molar-refractivity contribution in [1.82, 2.24) is 0 Å². The number of hydrogen-bond acceptors (Lipinski definition) is 2. The van der Waals surface area contributed by atoms with E-state index in [1.807, 2.05) is 36.4 Å². The molecule has 3 aromatic carbocycles. The van der Waals surface area contributed by atoms with Crippen LogP contribution in [-0.2, 0) is 19.2 Å². The largest absolute Gasteiger partial charge is 0.457 e. The fourth-order valence-electron chi connectivity index (χ4n) is 2.65. The molecule has 0 fully saturated rings. The Hall–Kier alpha value is -2.79. The summed E-state index contributed by atoms with van der Waals surface area (Å²) in [6.45, 7) is -0.146. The fraction of sp³-hybridized carbons (Fsp3) is 0.143. The van der Waals surface area contributed by atoms with E-state index in [1.165, 1.54) is 12.1 Å². The van der Waals surface area contributed by atoms with Gasteiger partial charge in [0.2, 0.25) is 0 Å². The molecule has 0 unspecified atom stereocenters. The smallest absolute Gasteiger partial charge is 0.416 e. The summed E-state index contributed by atoms with van der Waals surface area (Å²) in [6, 6.07) is 19.7. The number of benzene rings is 3. The maximum atomic E-state index is 12.6. The molecule has 5 heteroatoms. The van der Waals surface area contributed by atoms with Gasteiger partial charge in [-0.25, -0.2) is 0 Å². The number of aliphatic hydroxyl groups is 1. The Morgan fingerprint density at radius 3 is 2.04 bits per heavy atom. The topological polar surface area (TPSA) is 29.5 Å². The molecular formula is C21H17F3O2. The monoisotopic (exact) mass is 358 g/mol. The van der Waals surface area contributed by atoms with Crippen molar-refractivity contribution in [2.24, 2.45) is 0 Å². The predicted octanol–water partition coefficient (Wildman–Crippen LogP) is 5.58. The van der Waals surface area contributed by atoms with E-state index in [0.29, 0.717) is 17.9 Å². The zero-order valence-electron chi connectivity index (χ0n) is 13.8. The molecule has 26 heavy (non-hydrogen) atoms. The van der Waals surface area contributed by atoms with Gasteiger partial charge in [0.05, 0.1) is 12.2 Å². The third kappa shape index (κ3) is 4.43. The molecule has 134 valence electrons. The number of ether oxygens (including phenoxy) is 1. The number of aliphatic hydroxyl groups excluding tert-OH is 1. The third-order valence-electron chi connectivity index (χ3n) is 4.00. The zero-order chi connectivity index (χ0) is 18.6. The Labute approximate surface area is 149 Å². The van der Waals surface area contributed by atoms with E-state index in [9.17, 15) is 18.3 Å². The van der Waals surface area contributed by atoms with Gasteiger partial charge in [0.25, 0.3) is 0 Å². The van der Waals surface area contributed by atoms with E-state index in [-0.39, 0.29) is 6.61 Å². The molecule has 0 amide bonds. The van der Waals surface area contributed by atoms with Crippen LogP contribution in [0.2, 0.25) is 0 Å². The van der Waals surface area contributed by atoms with E-state index >= 15 is 0 Å². The van der Waals surface area contributed by atoms with Gasteiger partial charge in [0, 0.05) is 0 Å². The molecule has 0 saturated carbocycles. The molecule has 0 aromatic heterocycles. The fourth-order valence-corrected chi connectivity index (χ4v) is 2.65. The van der Waals surface area contributed by atoms with Crippen LogP contribution < -0.4 is 4.74 Å². The first-order valence-corrected chi connectivity index (χ1v) is 8.07. The molecule has 3 rings (SSSR count). The number of halogens is 3. The second-order valence-corrected chi connectivity index (χ2v) is 5.88. The highest BCUT2D eigenvalue weighted by molar-refractivity contribution is 5.41. The molecular weight excluding hydrogens is 341 g/mol. The lowest BCUT2D eigenvalue weighted by molar-refractivity contribution is -0.137. The summed E-state index contributed by atoms with van der Waals surface area (Å²) in [5.41, 5.74) is 2.09. The third-order valence-corrected chi connectivity index (χ3v) is 4.00. The van der Waals surface area contributed by atoms with E-state index < -0.39 is 11.7 Å². The molecule has 0 aliphatic heterocycles. The molecule has 3 aromatic rings. The van der Waals surface area contributed by atoms with Crippen LogP contribution in [-0.4, -0.2) is 5.11 Å². The van der Waals surface area contributed by atoms with Gasteiger partial charge in [-0.2, -0.15) is 13.2 Å². The van der Waals surface area contributed by atoms with Gasteiger partial charge in [0.15, 0.2) is 0 Å². The van der Waals surface area contributed by atoms with Gasteiger partial charge in [-0.1, -0.05) is 36.4 Å². The number of alkyl halides is 3. The lowest BCUT2D eigenvalue weighted by Gasteiger charge is -2.12. The summed E-state index contributed by atoms with van der Waals surface area (Å²) >= 11 is 0. The lowest BCUT2D eigenvalue weighted by Crippen LogP contribution is -2.04. The molecule has 2 nitrogen and oxygen atoms in total. The van der Waals surface area contributed by atoms with Crippen molar-refractivity contribution in [2.45, 2.75) is 19.2 Å². The van der Waals surface area contributed by atoms with Crippen LogP contribution in [0.5, 0.6) is 11.5 Å². The van der Waals surface area contributed by atoms with Crippen molar-refractivity contribution in [3.63, 3.8) is 0 Å². The van der Waals surface area contributed by atoms with Gasteiger partial charge in [-0.05, 0) is 59.5 Å². The quantitative estimate of drug-likeness (QED) is 0.645. The van der Waals surface area contributed by atoms with Crippen LogP contribution in [0.1, 0.15) is 22.3 Å². The summed E-state index contributed by atoms with van der Waals surface area (Å²) in [5.74, 6) is 0.767. The van der Waals surface area contributed by atoms with E-state index in [0.717, 1.165) is 28.8 Å². The van der Waals surface area contributed by atoms with E-state index in [4.69, 9.17) is 4.74 Å². The molecule has 0 aliphatic rings. The molecule has 0 heterocycles. The maximum absolute atomic E-state index is 12.6. The van der Waals surface area contributed by atoms with Crippen molar-refractivity contribution in [3.8, 4) is 11.5 Å². The Morgan fingerprint density at radius 1 is 0.769 bits per heavy atom. The first kappa shape index (κ1) is 18.0. The Bertz CT molecular complexity index is 857. The highest BCUT2D eigenvalue weighted by Crippen LogP contribution is 2.32. The molecule has 0 aliphatic carbocycles. The van der Waals surface area contributed by atoms with Gasteiger partial charge in [0.1, 0.15) is 11.5 Å². The van der Waals surface area contributed by atoms with Crippen LogP contribution in [0.4, 0.5) is 13.2 Å². The van der Waals surface area contributed by atoms with Crippen molar-refractivity contribution < 1.29 is 23.0 Å². The number of hydrogen-bond donors (Lipinski definition) is 1. The van der Waals surface area contributed by atoms with E-state index in [1.54, 1.807) is 12.1 Å². The highest BCUT2D eigenvalue weighted by atomic mass is 19.4. The minimum atomic E-state index is -4.37. The van der Waals surface area contributed by atoms with Crippen molar-refractivity contribution in [1.29, 1.82) is 0 Å². The average Bonchev–Trinajstić information content (AvgIpc) is 2.63. The van der Waals surface area contributed by atoms with Crippen molar-refractivity contribution >= 4 is 0 Å². The van der Waals surface area contributed by atoms with Gasteiger partial charge >= 0.3 is 6.18 Å². The Morgan fingerprint density at radius 2 is 1.42 bits per heavy atom. The maximum Gasteiger partial charge on any atom is 0.416 e. The van der Waals surface area contributed by atoms with Crippen molar-refractivity contribution in [3.05, 3.63) is 95.1 Å². The predicted molar refractivity (Wildman–Crippen MR) is 93.1 cm³/mol. The summed E-state index contributed by atoms with van der Waals surface area (Å²) < 4.78 is 43.4.